The second-order valence-corrected chi connectivity index (χ2v) is 7.06. The molecule has 0 radical (unpaired) electrons. The maximum atomic E-state index is 12.8. The van der Waals surface area contributed by atoms with E-state index in [1.54, 1.807) is 0 Å². The number of ether oxygens (including phenoxy) is 1. The fraction of sp³-hybridized carbons (Fsp3) is 0.474. The average Bonchev–Trinajstić information content (AvgIpc) is 2.91. The van der Waals surface area contributed by atoms with Crippen LogP contribution < -0.4 is 10.2 Å². The number of Topliss-reactive ketones (excluding diaryl/α,β-unsaturated/α-hetero) is 1. The van der Waals surface area contributed by atoms with Gasteiger partial charge in [0.15, 0.2) is 0 Å². The Morgan fingerprint density at radius 3 is 2.89 bits per heavy atom. The maximum absolute atomic E-state index is 12.8. The average molecular weight is 372 g/mol. The van der Waals surface area contributed by atoms with Gasteiger partial charge in [-0.25, -0.2) is 4.79 Å². The minimum atomic E-state index is -0.472. The van der Waals surface area contributed by atoms with Crippen LogP contribution in [0.3, 0.4) is 0 Å². The molecule has 8 heteroatoms. The largest absolute Gasteiger partial charge is 0.442 e. The number of pyridine rings is 1. The van der Waals surface area contributed by atoms with Crippen molar-refractivity contribution in [3.05, 3.63) is 35.3 Å². The Labute approximate surface area is 158 Å². The molecular formula is C19H24N4O4. The Morgan fingerprint density at radius 2 is 2.19 bits per heavy atom. The second kappa shape index (κ2) is 7.77. The second-order valence-electron chi connectivity index (χ2n) is 7.06. The molecule has 0 unspecified atom stereocenters. The summed E-state index contributed by atoms with van der Waals surface area (Å²) >= 11 is 0. The van der Waals surface area contributed by atoms with Gasteiger partial charge in [0, 0.05) is 32.8 Å². The Morgan fingerprint density at radius 1 is 1.41 bits per heavy atom. The van der Waals surface area contributed by atoms with E-state index in [0.29, 0.717) is 24.3 Å². The van der Waals surface area contributed by atoms with Gasteiger partial charge in [-0.3, -0.25) is 19.5 Å². The van der Waals surface area contributed by atoms with Gasteiger partial charge in [-0.05, 0) is 30.9 Å². The van der Waals surface area contributed by atoms with Crippen LogP contribution in [-0.2, 0) is 16.0 Å². The highest BCUT2D eigenvalue weighted by Crippen LogP contribution is 2.28. The van der Waals surface area contributed by atoms with Gasteiger partial charge < -0.3 is 15.0 Å². The normalized spacial score (nSPS) is 20.9. The van der Waals surface area contributed by atoms with Gasteiger partial charge in [0.05, 0.1) is 25.0 Å². The molecule has 0 aromatic carbocycles. The summed E-state index contributed by atoms with van der Waals surface area (Å²) in [7, 11) is 3.78. The first-order valence-electron chi connectivity index (χ1n) is 8.98. The van der Waals surface area contributed by atoms with Gasteiger partial charge in [-0.15, -0.1) is 0 Å². The topological polar surface area (TPSA) is 91.8 Å². The molecule has 0 saturated carbocycles. The summed E-state index contributed by atoms with van der Waals surface area (Å²) in [5.41, 5.74) is 2.65. The lowest BCUT2D eigenvalue weighted by Gasteiger charge is -2.15. The quantitative estimate of drug-likeness (QED) is 0.636. The fourth-order valence-corrected chi connectivity index (χ4v) is 3.31. The van der Waals surface area contributed by atoms with Crippen LogP contribution in [0.15, 0.2) is 24.0 Å². The van der Waals surface area contributed by atoms with Crippen LogP contribution in [0.25, 0.3) is 0 Å². The predicted molar refractivity (Wildman–Crippen MR) is 99.6 cm³/mol. The van der Waals surface area contributed by atoms with E-state index < -0.39 is 12.2 Å². The van der Waals surface area contributed by atoms with Crippen LogP contribution in [0.4, 0.5) is 10.5 Å². The molecule has 1 aromatic rings. The molecule has 1 aromatic heterocycles. The number of amides is 2. The number of aromatic nitrogens is 1. The zero-order valence-corrected chi connectivity index (χ0v) is 15.8. The molecular weight excluding hydrogens is 348 g/mol. The third-order valence-electron chi connectivity index (χ3n) is 4.53. The van der Waals surface area contributed by atoms with E-state index in [0.717, 1.165) is 24.0 Å². The smallest absolute Gasteiger partial charge is 0.414 e. The molecule has 2 amide bonds. The molecule has 144 valence electrons. The Kier molecular flexibility index (Phi) is 5.43. The van der Waals surface area contributed by atoms with Crippen LogP contribution in [0.2, 0.25) is 0 Å². The number of carbonyl (C=O) groups excluding carboxylic acids is 3. The molecule has 1 aliphatic carbocycles. The molecule has 2 heterocycles. The number of cyclic esters (lactones) is 1. The lowest BCUT2D eigenvalue weighted by atomic mass is 10.1. The van der Waals surface area contributed by atoms with Crippen LogP contribution in [0.5, 0.6) is 0 Å². The summed E-state index contributed by atoms with van der Waals surface area (Å²) < 4.78 is 5.29. The maximum Gasteiger partial charge on any atom is 0.414 e. The van der Waals surface area contributed by atoms with Crippen LogP contribution in [0, 0.1) is 0 Å². The van der Waals surface area contributed by atoms with Gasteiger partial charge >= 0.3 is 6.09 Å². The van der Waals surface area contributed by atoms with Crippen molar-refractivity contribution in [1.29, 1.82) is 0 Å². The fourth-order valence-electron chi connectivity index (χ4n) is 3.31. The Balaban J connectivity index is 1.80. The van der Waals surface area contributed by atoms with Crippen molar-refractivity contribution < 1.29 is 19.1 Å². The third-order valence-corrected chi connectivity index (χ3v) is 4.53. The molecule has 3 rings (SSSR count). The molecule has 1 aliphatic heterocycles. The number of aryl methyl sites for hydroxylation is 1. The van der Waals surface area contributed by atoms with E-state index in [1.807, 2.05) is 31.3 Å². The molecule has 1 saturated heterocycles. The standard InChI is InChI=1S/C19H24N4O4/c1-12(24)20-9-16-11-23(19(26)27-16)15-7-13-5-4-6-14(10-22(2)3)18(25)17(13)21-8-15/h7-8,10,16H,4-6,9,11H2,1-3H3,(H,20,24)/b14-10+/t16-/m0/s1. The lowest BCUT2D eigenvalue weighted by molar-refractivity contribution is -0.119. The zero-order valence-electron chi connectivity index (χ0n) is 15.8. The highest BCUT2D eigenvalue weighted by molar-refractivity contribution is 6.08. The zero-order chi connectivity index (χ0) is 19.6. The van der Waals surface area contributed by atoms with Crippen molar-refractivity contribution >= 4 is 23.5 Å². The number of hydrogen-bond acceptors (Lipinski definition) is 6. The van der Waals surface area contributed by atoms with Gasteiger partial charge in [0.25, 0.3) is 0 Å². The van der Waals surface area contributed by atoms with E-state index in [9.17, 15) is 14.4 Å². The van der Waals surface area contributed by atoms with Crippen molar-refractivity contribution in [2.75, 3.05) is 32.1 Å². The molecule has 8 nitrogen and oxygen atoms in total. The van der Waals surface area contributed by atoms with E-state index >= 15 is 0 Å². The van der Waals surface area contributed by atoms with Crippen LogP contribution in [0.1, 0.15) is 35.8 Å². The summed E-state index contributed by atoms with van der Waals surface area (Å²) in [6.45, 7) is 2.02. The molecule has 0 spiro atoms. The minimum absolute atomic E-state index is 0.0599. The lowest BCUT2D eigenvalue weighted by Crippen LogP contribution is -2.33. The van der Waals surface area contributed by atoms with Crippen molar-refractivity contribution in [1.82, 2.24) is 15.2 Å². The van der Waals surface area contributed by atoms with Gasteiger partial charge in [0.1, 0.15) is 11.8 Å². The van der Waals surface area contributed by atoms with Gasteiger partial charge in [0.2, 0.25) is 11.7 Å². The third kappa shape index (κ3) is 4.27. The SMILES string of the molecule is CC(=O)NC[C@H]1CN(c2cnc3c(c2)CCC/C(=C\N(C)C)C3=O)C(=O)O1. The number of hydrogen-bond donors (Lipinski definition) is 1. The molecule has 27 heavy (non-hydrogen) atoms. The van der Waals surface area contributed by atoms with Gasteiger partial charge in [-0.1, -0.05) is 0 Å². The van der Waals surface area contributed by atoms with Crippen molar-refractivity contribution in [2.24, 2.45) is 0 Å². The number of allylic oxidation sites excluding steroid dienone is 1. The number of ketones is 1. The van der Waals surface area contributed by atoms with E-state index in [2.05, 4.69) is 10.3 Å². The van der Waals surface area contributed by atoms with Crippen molar-refractivity contribution in [2.45, 2.75) is 32.3 Å². The van der Waals surface area contributed by atoms with Crippen molar-refractivity contribution in [3.8, 4) is 0 Å². The first-order chi connectivity index (χ1) is 12.8. The summed E-state index contributed by atoms with van der Waals surface area (Å²) in [5.74, 6) is -0.230. The number of nitrogens with one attached hydrogen (secondary N) is 1. The first kappa shape index (κ1) is 18.9. The number of anilines is 1. The Bertz CT molecular complexity index is 803. The molecule has 2 aliphatic rings. The molecule has 1 N–H and O–H groups in total. The predicted octanol–water partition coefficient (Wildman–Crippen LogP) is 1.51. The summed E-state index contributed by atoms with van der Waals surface area (Å²) in [5, 5.41) is 2.65. The molecule has 0 bridgehead atoms. The van der Waals surface area contributed by atoms with E-state index in [-0.39, 0.29) is 18.2 Å². The highest BCUT2D eigenvalue weighted by Gasteiger charge is 2.33. The van der Waals surface area contributed by atoms with E-state index in [1.165, 1.54) is 18.0 Å². The first-order valence-corrected chi connectivity index (χ1v) is 8.98. The Hall–Kier alpha value is -2.90. The van der Waals surface area contributed by atoms with E-state index in [4.69, 9.17) is 4.74 Å². The van der Waals surface area contributed by atoms with Crippen LogP contribution >= 0.6 is 0 Å². The minimum Gasteiger partial charge on any atom is -0.442 e. The molecule has 1 atom stereocenters. The summed E-state index contributed by atoms with van der Waals surface area (Å²) in [4.78, 5) is 43.7. The van der Waals surface area contributed by atoms with Gasteiger partial charge in [-0.2, -0.15) is 0 Å². The monoisotopic (exact) mass is 372 g/mol. The van der Waals surface area contributed by atoms with Crippen LogP contribution in [-0.4, -0.2) is 61.0 Å². The number of nitrogens with zero attached hydrogens (tertiary/aromatic N) is 3. The molecule has 1 fully saturated rings. The number of fused-ring (bicyclic) bond motifs is 1. The summed E-state index contributed by atoms with van der Waals surface area (Å²) in [6.07, 6.45) is 4.78. The highest BCUT2D eigenvalue weighted by atomic mass is 16.6. The number of carbonyl (C=O) groups is 3. The van der Waals surface area contributed by atoms with Crippen molar-refractivity contribution in [3.63, 3.8) is 0 Å². The summed E-state index contributed by atoms with van der Waals surface area (Å²) in [6, 6.07) is 1.85. The number of rotatable bonds is 4.